The van der Waals surface area contributed by atoms with E-state index in [4.69, 9.17) is 11.6 Å². The van der Waals surface area contributed by atoms with Gasteiger partial charge in [-0.2, -0.15) is 0 Å². The first-order valence-corrected chi connectivity index (χ1v) is 7.74. The van der Waals surface area contributed by atoms with E-state index in [-0.39, 0.29) is 17.2 Å². The van der Waals surface area contributed by atoms with E-state index in [0.717, 1.165) is 29.7 Å². The van der Waals surface area contributed by atoms with Crippen LogP contribution in [0.1, 0.15) is 57.8 Å². The van der Waals surface area contributed by atoms with Gasteiger partial charge in [-0.15, -0.1) is 11.6 Å². The van der Waals surface area contributed by atoms with Crippen molar-refractivity contribution in [3.8, 4) is 0 Å². The summed E-state index contributed by atoms with van der Waals surface area (Å²) in [5.74, 6) is 1.13. The molecule has 2 unspecified atom stereocenters. The molecule has 0 aliphatic carbocycles. The number of aromatic nitrogens is 2. The van der Waals surface area contributed by atoms with E-state index in [1.165, 1.54) is 6.07 Å². The lowest BCUT2D eigenvalue weighted by Gasteiger charge is -2.26. The summed E-state index contributed by atoms with van der Waals surface area (Å²) in [5, 5.41) is -0.192. The van der Waals surface area contributed by atoms with Gasteiger partial charge in [0, 0.05) is 6.04 Å². The van der Waals surface area contributed by atoms with Crippen LogP contribution in [-0.2, 0) is 0 Å². The summed E-state index contributed by atoms with van der Waals surface area (Å²) in [6.07, 6.45) is 2.17. The normalized spacial score (nSPS) is 14.9. The van der Waals surface area contributed by atoms with Gasteiger partial charge in [0.25, 0.3) is 0 Å². The van der Waals surface area contributed by atoms with Gasteiger partial charge in [-0.05, 0) is 38.0 Å². The maximum Gasteiger partial charge on any atom is 0.127 e. The van der Waals surface area contributed by atoms with Crippen LogP contribution in [0.15, 0.2) is 18.2 Å². The first kappa shape index (κ1) is 15.3. The second-order valence-corrected chi connectivity index (χ2v) is 6.06. The van der Waals surface area contributed by atoms with Gasteiger partial charge in [-0.1, -0.05) is 26.7 Å². The van der Waals surface area contributed by atoms with E-state index in [2.05, 4.69) is 30.3 Å². The van der Waals surface area contributed by atoms with Gasteiger partial charge in [0.05, 0.1) is 16.4 Å². The highest BCUT2D eigenvalue weighted by molar-refractivity contribution is 6.20. The second-order valence-electron chi connectivity index (χ2n) is 5.41. The molecule has 20 heavy (non-hydrogen) atoms. The van der Waals surface area contributed by atoms with Crippen molar-refractivity contribution in [1.82, 2.24) is 9.55 Å². The van der Waals surface area contributed by atoms with Crippen LogP contribution < -0.4 is 0 Å². The van der Waals surface area contributed by atoms with E-state index < -0.39 is 0 Å². The largest absolute Gasteiger partial charge is 0.324 e. The Morgan fingerprint density at radius 1 is 1.25 bits per heavy atom. The molecule has 0 spiro atoms. The molecule has 0 saturated heterocycles. The predicted octanol–water partition coefficient (Wildman–Crippen LogP) is 5.47. The summed E-state index contributed by atoms with van der Waals surface area (Å²) in [7, 11) is 0. The van der Waals surface area contributed by atoms with Crippen LogP contribution in [-0.4, -0.2) is 9.55 Å². The Morgan fingerprint density at radius 2 is 1.90 bits per heavy atom. The fraction of sp³-hybridized carbons (Fsp3) is 0.562. The lowest BCUT2D eigenvalue weighted by atomic mass is 9.95. The van der Waals surface area contributed by atoms with Crippen molar-refractivity contribution in [2.75, 3.05) is 0 Å². The van der Waals surface area contributed by atoms with Crippen LogP contribution in [0, 0.1) is 11.7 Å². The Kier molecular flexibility index (Phi) is 4.69. The first-order chi connectivity index (χ1) is 9.49. The molecule has 0 N–H and O–H groups in total. The molecule has 0 aliphatic rings. The number of hydrogen-bond donors (Lipinski definition) is 0. The standard InChI is InChI=1S/C16H22ClFN2/c1-5-12(6-2)11(4)20-15-9-13(18)7-8-14(15)19-16(20)10(3)17/h7-12H,5-6H2,1-4H3. The molecule has 0 bridgehead atoms. The van der Waals surface area contributed by atoms with Gasteiger partial charge in [0.1, 0.15) is 11.6 Å². The molecule has 2 aromatic rings. The topological polar surface area (TPSA) is 17.8 Å². The molecule has 2 atom stereocenters. The van der Waals surface area contributed by atoms with E-state index in [1.807, 2.05) is 6.92 Å². The van der Waals surface area contributed by atoms with Crippen LogP contribution in [0.2, 0.25) is 0 Å². The molecule has 110 valence electrons. The Balaban J connectivity index is 2.64. The molecule has 1 heterocycles. The minimum absolute atomic E-state index is 0.192. The van der Waals surface area contributed by atoms with Crippen LogP contribution in [0.5, 0.6) is 0 Å². The highest BCUT2D eigenvalue weighted by Gasteiger charge is 2.23. The summed E-state index contributed by atoms with van der Waals surface area (Å²) in [4.78, 5) is 4.59. The molecule has 1 aromatic carbocycles. The zero-order valence-corrected chi connectivity index (χ0v) is 13.3. The third-order valence-electron chi connectivity index (χ3n) is 4.17. The number of rotatable bonds is 5. The zero-order valence-electron chi connectivity index (χ0n) is 12.5. The number of halogens is 2. The predicted molar refractivity (Wildman–Crippen MR) is 82.7 cm³/mol. The van der Waals surface area contributed by atoms with E-state index in [0.29, 0.717) is 5.92 Å². The minimum Gasteiger partial charge on any atom is -0.324 e. The van der Waals surface area contributed by atoms with Crippen molar-refractivity contribution in [1.29, 1.82) is 0 Å². The maximum absolute atomic E-state index is 13.6. The van der Waals surface area contributed by atoms with Crippen LogP contribution in [0.25, 0.3) is 11.0 Å². The number of imidazole rings is 1. The Labute approximate surface area is 125 Å². The summed E-state index contributed by atoms with van der Waals surface area (Å²) in [6, 6.07) is 4.99. The second kappa shape index (κ2) is 6.13. The molecule has 0 saturated carbocycles. The number of nitrogens with zero attached hydrogens (tertiary/aromatic N) is 2. The summed E-state index contributed by atoms with van der Waals surface area (Å²) in [6.45, 7) is 8.46. The Morgan fingerprint density at radius 3 is 2.45 bits per heavy atom. The molecular formula is C16H22ClFN2. The van der Waals surface area contributed by atoms with Crippen LogP contribution in [0.3, 0.4) is 0 Å². The van der Waals surface area contributed by atoms with Gasteiger partial charge >= 0.3 is 0 Å². The SMILES string of the molecule is CCC(CC)C(C)n1c(C(C)Cl)nc2ccc(F)cc21. The average molecular weight is 297 g/mol. The number of fused-ring (bicyclic) bond motifs is 1. The third-order valence-corrected chi connectivity index (χ3v) is 4.37. The monoisotopic (exact) mass is 296 g/mol. The lowest BCUT2D eigenvalue weighted by Crippen LogP contribution is -2.18. The molecule has 2 nitrogen and oxygen atoms in total. The van der Waals surface area contributed by atoms with E-state index in [1.54, 1.807) is 12.1 Å². The van der Waals surface area contributed by atoms with Crippen molar-refractivity contribution >= 4 is 22.6 Å². The maximum atomic E-state index is 13.6. The number of alkyl halides is 1. The fourth-order valence-electron chi connectivity index (χ4n) is 2.98. The van der Waals surface area contributed by atoms with Gasteiger partial charge in [-0.3, -0.25) is 0 Å². The van der Waals surface area contributed by atoms with Crippen LogP contribution >= 0.6 is 11.6 Å². The van der Waals surface area contributed by atoms with Crippen molar-refractivity contribution in [2.45, 2.75) is 52.0 Å². The Hall–Kier alpha value is -1.09. The average Bonchev–Trinajstić information content (AvgIpc) is 2.78. The van der Waals surface area contributed by atoms with Gasteiger partial charge < -0.3 is 4.57 Å². The summed E-state index contributed by atoms with van der Waals surface area (Å²) < 4.78 is 15.7. The minimum atomic E-state index is -0.232. The first-order valence-electron chi connectivity index (χ1n) is 7.31. The molecule has 0 radical (unpaired) electrons. The highest BCUT2D eigenvalue weighted by atomic mass is 35.5. The molecule has 0 fully saturated rings. The number of benzene rings is 1. The van der Waals surface area contributed by atoms with Crippen LogP contribution in [0.4, 0.5) is 4.39 Å². The van der Waals surface area contributed by atoms with Gasteiger partial charge in [0.2, 0.25) is 0 Å². The molecular weight excluding hydrogens is 275 g/mol. The van der Waals surface area contributed by atoms with E-state index >= 15 is 0 Å². The van der Waals surface area contributed by atoms with Crippen molar-refractivity contribution < 1.29 is 4.39 Å². The van der Waals surface area contributed by atoms with Crippen molar-refractivity contribution in [3.05, 3.63) is 29.8 Å². The zero-order chi connectivity index (χ0) is 14.9. The summed E-state index contributed by atoms with van der Waals surface area (Å²) in [5.41, 5.74) is 1.65. The quantitative estimate of drug-likeness (QED) is 0.669. The third kappa shape index (κ3) is 2.69. The number of hydrogen-bond acceptors (Lipinski definition) is 1. The van der Waals surface area contributed by atoms with Gasteiger partial charge in [-0.25, -0.2) is 9.37 Å². The molecule has 1 aromatic heterocycles. The molecule has 2 rings (SSSR count). The smallest absolute Gasteiger partial charge is 0.127 e. The molecule has 0 aliphatic heterocycles. The molecule has 4 heteroatoms. The summed E-state index contributed by atoms with van der Waals surface area (Å²) >= 11 is 6.28. The fourth-order valence-corrected chi connectivity index (χ4v) is 3.13. The lowest BCUT2D eigenvalue weighted by molar-refractivity contribution is 0.332. The van der Waals surface area contributed by atoms with E-state index in [9.17, 15) is 4.39 Å². The Bertz CT molecular complexity index is 587. The molecule has 0 amide bonds. The van der Waals surface area contributed by atoms with Crippen molar-refractivity contribution in [3.63, 3.8) is 0 Å². The van der Waals surface area contributed by atoms with Crippen molar-refractivity contribution in [2.24, 2.45) is 5.92 Å². The highest BCUT2D eigenvalue weighted by Crippen LogP contribution is 2.33. The van der Waals surface area contributed by atoms with Gasteiger partial charge in [0.15, 0.2) is 0 Å².